The maximum absolute atomic E-state index is 8.63. The molecule has 5 heteroatoms. The third-order valence-electron chi connectivity index (χ3n) is 2.37. The molecule has 0 bridgehead atoms. The Kier molecular flexibility index (Phi) is 3.84. The van der Waals surface area contributed by atoms with E-state index in [4.69, 9.17) is 10.5 Å². The lowest BCUT2D eigenvalue weighted by Crippen LogP contribution is -1.98. The van der Waals surface area contributed by atoms with Gasteiger partial charge < -0.3 is 0 Å². The molecule has 0 atom stereocenters. The van der Waals surface area contributed by atoms with Crippen molar-refractivity contribution in [2.24, 2.45) is 5.10 Å². The van der Waals surface area contributed by atoms with Crippen LogP contribution in [0.15, 0.2) is 53.8 Å². The average molecular weight is 247 g/mol. The normalized spacial score (nSPS) is 8.95. The Morgan fingerprint density at radius 1 is 1.05 bits per heavy atom. The van der Waals surface area contributed by atoms with Crippen LogP contribution in [-0.2, 0) is 0 Å². The highest BCUT2D eigenvalue weighted by Gasteiger charge is 2.04. The van der Waals surface area contributed by atoms with E-state index < -0.39 is 0 Å². The van der Waals surface area contributed by atoms with Gasteiger partial charge in [0.15, 0.2) is 0 Å². The first-order valence-electron chi connectivity index (χ1n) is 5.49. The molecular weight excluding hydrogens is 238 g/mol. The highest BCUT2D eigenvalue weighted by Crippen LogP contribution is 2.25. The van der Waals surface area contributed by atoms with Gasteiger partial charge in [-0.05, 0) is 18.2 Å². The maximum Gasteiger partial charge on any atom is 0.237 e. The molecule has 2 rings (SSSR count). The Balaban J connectivity index is 2.36. The SMILES string of the molecule is N#CC(C#N)=NNc1ccccc1-c1ccccn1. The second-order valence-electron chi connectivity index (χ2n) is 3.56. The molecule has 2 aromatic rings. The van der Waals surface area contributed by atoms with E-state index >= 15 is 0 Å². The molecule has 0 saturated heterocycles. The molecule has 0 aliphatic rings. The average Bonchev–Trinajstić information content (AvgIpc) is 2.49. The Hall–Kier alpha value is -3.18. The highest BCUT2D eigenvalue weighted by atomic mass is 15.3. The van der Waals surface area contributed by atoms with Crippen LogP contribution in [0, 0.1) is 22.7 Å². The van der Waals surface area contributed by atoms with E-state index in [1.807, 2.05) is 36.4 Å². The smallest absolute Gasteiger partial charge is 0.237 e. The van der Waals surface area contributed by atoms with Crippen LogP contribution in [0.2, 0.25) is 0 Å². The number of hydrogen-bond acceptors (Lipinski definition) is 5. The molecule has 0 spiro atoms. The summed E-state index contributed by atoms with van der Waals surface area (Å²) in [6.45, 7) is 0. The number of nitrogens with zero attached hydrogens (tertiary/aromatic N) is 4. The van der Waals surface area contributed by atoms with Crippen molar-refractivity contribution in [1.82, 2.24) is 4.98 Å². The van der Waals surface area contributed by atoms with E-state index in [1.165, 1.54) is 0 Å². The van der Waals surface area contributed by atoms with E-state index in [0.717, 1.165) is 11.3 Å². The van der Waals surface area contributed by atoms with Gasteiger partial charge in [0.1, 0.15) is 12.1 Å². The van der Waals surface area contributed by atoms with Crippen molar-refractivity contribution in [3.63, 3.8) is 0 Å². The van der Waals surface area contributed by atoms with E-state index in [2.05, 4.69) is 15.5 Å². The summed E-state index contributed by atoms with van der Waals surface area (Å²) in [6.07, 6.45) is 1.70. The lowest BCUT2D eigenvalue weighted by atomic mass is 10.1. The molecule has 1 heterocycles. The molecule has 0 unspecified atom stereocenters. The molecule has 0 amide bonds. The first-order valence-corrected chi connectivity index (χ1v) is 5.49. The summed E-state index contributed by atoms with van der Waals surface area (Å²) in [6, 6.07) is 16.4. The maximum atomic E-state index is 8.63. The summed E-state index contributed by atoms with van der Waals surface area (Å²) in [4.78, 5) is 4.26. The second-order valence-corrected chi connectivity index (χ2v) is 3.56. The van der Waals surface area contributed by atoms with Crippen molar-refractivity contribution in [3.05, 3.63) is 48.7 Å². The van der Waals surface area contributed by atoms with Gasteiger partial charge >= 0.3 is 0 Å². The Labute approximate surface area is 110 Å². The number of nitrogens with one attached hydrogen (secondary N) is 1. The highest BCUT2D eigenvalue weighted by molar-refractivity contribution is 6.10. The number of hydrazone groups is 1. The number of hydrogen-bond donors (Lipinski definition) is 1. The van der Waals surface area contributed by atoms with Gasteiger partial charge in [-0.25, -0.2) is 0 Å². The van der Waals surface area contributed by atoms with E-state index in [1.54, 1.807) is 24.4 Å². The molecule has 1 N–H and O–H groups in total. The van der Waals surface area contributed by atoms with Gasteiger partial charge in [0.25, 0.3) is 0 Å². The summed E-state index contributed by atoms with van der Waals surface area (Å²) in [5.41, 5.74) is 4.81. The predicted octanol–water partition coefficient (Wildman–Crippen LogP) is 2.56. The second kappa shape index (κ2) is 5.95. The molecule has 5 nitrogen and oxygen atoms in total. The first-order chi connectivity index (χ1) is 9.35. The summed E-state index contributed by atoms with van der Waals surface area (Å²) >= 11 is 0. The lowest BCUT2D eigenvalue weighted by molar-refractivity contribution is 1.30. The van der Waals surface area contributed by atoms with E-state index in [0.29, 0.717) is 5.69 Å². The molecule has 0 saturated carbocycles. The van der Waals surface area contributed by atoms with Crippen LogP contribution in [0.4, 0.5) is 5.69 Å². The third kappa shape index (κ3) is 2.93. The number of benzene rings is 1. The van der Waals surface area contributed by atoms with Gasteiger partial charge in [-0.15, -0.1) is 0 Å². The molecular formula is C14H9N5. The predicted molar refractivity (Wildman–Crippen MR) is 72.0 cm³/mol. The molecule has 1 aromatic carbocycles. The van der Waals surface area contributed by atoms with Crippen molar-refractivity contribution >= 4 is 11.4 Å². The zero-order valence-corrected chi connectivity index (χ0v) is 9.91. The van der Waals surface area contributed by atoms with E-state index in [9.17, 15) is 0 Å². The minimum absolute atomic E-state index is 0.226. The van der Waals surface area contributed by atoms with Gasteiger partial charge in [-0.1, -0.05) is 24.3 Å². The third-order valence-corrected chi connectivity index (χ3v) is 2.37. The zero-order valence-electron chi connectivity index (χ0n) is 9.91. The number of anilines is 1. The van der Waals surface area contributed by atoms with E-state index in [-0.39, 0.29) is 5.71 Å². The number of pyridine rings is 1. The van der Waals surface area contributed by atoms with Crippen molar-refractivity contribution in [2.75, 3.05) is 5.43 Å². The fourth-order valence-electron chi connectivity index (χ4n) is 1.52. The molecule has 0 aliphatic heterocycles. The molecule has 90 valence electrons. The minimum Gasteiger partial charge on any atom is -0.276 e. The topological polar surface area (TPSA) is 84.9 Å². The van der Waals surface area contributed by atoms with Crippen LogP contribution in [0.25, 0.3) is 11.3 Å². The summed E-state index contributed by atoms with van der Waals surface area (Å²) in [5.74, 6) is 0. The van der Waals surface area contributed by atoms with Gasteiger partial charge in [0.2, 0.25) is 5.71 Å². The van der Waals surface area contributed by atoms with Crippen molar-refractivity contribution < 1.29 is 0 Å². The molecule has 0 fully saturated rings. The monoisotopic (exact) mass is 247 g/mol. The fourth-order valence-corrected chi connectivity index (χ4v) is 1.52. The number of para-hydroxylation sites is 1. The largest absolute Gasteiger partial charge is 0.276 e. The van der Waals surface area contributed by atoms with Crippen molar-refractivity contribution in [3.8, 4) is 23.4 Å². The standard InChI is InChI=1S/C14H9N5/c15-9-11(10-16)18-19-14-7-2-1-5-12(14)13-6-3-4-8-17-13/h1-8,19H. The Bertz CT molecular complexity index is 661. The van der Waals surface area contributed by atoms with Crippen LogP contribution >= 0.6 is 0 Å². The summed E-state index contributed by atoms with van der Waals surface area (Å²) in [7, 11) is 0. The van der Waals surface area contributed by atoms with Crippen LogP contribution in [0.1, 0.15) is 0 Å². The van der Waals surface area contributed by atoms with Crippen molar-refractivity contribution in [2.45, 2.75) is 0 Å². The van der Waals surface area contributed by atoms with Gasteiger partial charge in [-0.3, -0.25) is 10.4 Å². The lowest BCUT2D eigenvalue weighted by Gasteiger charge is -2.07. The number of aromatic nitrogens is 1. The summed E-state index contributed by atoms with van der Waals surface area (Å²) in [5, 5.41) is 21.0. The van der Waals surface area contributed by atoms with Crippen molar-refractivity contribution in [1.29, 1.82) is 10.5 Å². The Morgan fingerprint density at radius 3 is 2.47 bits per heavy atom. The van der Waals surface area contributed by atoms with Crippen LogP contribution in [0.3, 0.4) is 0 Å². The van der Waals surface area contributed by atoms with Crippen LogP contribution in [-0.4, -0.2) is 10.7 Å². The summed E-state index contributed by atoms with van der Waals surface area (Å²) < 4.78 is 0. The van der Waals surface area contributed by atoms with Gasteiger partial charge in [0.05, 0.1) is 11.4 Å². The fraction of sp³-hybridized carbons (Fsp3) is 0. The Morgan fingerprint density at radius 2 is 1.79 bits per heavy atom. The number of rotatable bonds is 3. The van der Waals surface area contributed by atoms with Crippen LogP contribution < -0.4 is 5.43 Å². The molecule has 0 radical (unpaired) electrons. The minimum atomic E-state index is -0.226. The first kappa shape index (κ1) is 12.3. The quantitative estimate of drug-likeness (QED) is 0.667. The zero-order chi connectivity index (χ0) is 13.5. The molecule has 19 heavy (non-hydrogen) atoms. The van der Waals surface area contributed by atoms with Gasteiger partial charge in [0, 0.05) is 11.8 Å². The van der Waals surface area contributed by atoms with Gasteiger partial charge in [-0.2, -0.15) is 15.6 Å². The molecule has 0 aliphatic carbocycles. The molecule has 1 aromatic heterocycles. The van der Waals surface area contributed by atoms with Crippen LogP contribution in [0.5, 0.6) is 0 Å². The number of nitriles is 2.